The zero-order chi connectivity index (χ0) is 22.4. The molecule has 0 atom stereocenters. The van der Waals surface area contributed by atoms with Crippen molar-refractivity contribution in [3.8, 4) is 11.5 Å². The Morgan fingerprint density at radius 2 is 1.71 bits per heavy atom. The molecular formula is C23H23ClN4O3. The van der Waals surface area contributed by atoms with Crippen molar-refractivity contribution >= 4 is 34.9 Å². The molecule has 31 heavy (non-hydrogen) atoms. The number of aromatic nitrogens is 1. The van der Waals surface area contributed by atoms with Crippen LogP contribution in [0.5, 0.6) is 11.5 Å². The second kappa shape index (κ2) is 9.95. The number of likely N-dealkylation sites (N-methyl/N-ethyl adjacent to an activating group) is 1. The van der Waals surface area contributed by atoms with Gasteiger partial charge in [0.05, 0.1) is 5.02 Å². The van der Waals surface area contributed by atoms with E-state index in [1.807, 2.05) is 43.3 Å². The lowest BCUT2D eigenvalue weighted by Gasteiger charge is -2.17. The summed E-state index contributed by atoms with van der Waals surface area (Å²) in [6, 6.07) is 17.6. The molecule has 3 rings (SSSR count). The number of ether oxygens (including phenoxy) is 1. The summed E-state index contributed by atoms with van der Waals surface area (Å²) in [5.74, 6) is 0.541. The molecule has 8 heteroatoms. The van der Waals surface area contributed by atoms with Crippen molar-refractivity contribution in [2.75, 3.05) is 31.4 Å². The number of hydrogen-bond acceptors (Lipinski definition) is 5. The zero-order valence-corrected chi connectivity index (χ0v) is 18.3. The quantitative estimate of drug-likeness (QED) is 0.584. The smallest absolute Gasteiger partial charge is 0.313 e. The third kappa shape index (κ3) is 5.96. The average Bonchev–Trinajstić information content (AvgIpc) is 2.76. The largest absolute Gasteiger partial charge is 0.456 e. The third-order valence-electron chi connectivity index (χ3n) is 4.40. The van der Waals surface area contributed by atoms with Gasteiger partial charge in [-0.1, -0.05) is 29.8 Å². The highest BCUT2D eigenvalue weighted by molar-refractivity contribution is 6.39. The van der Waals surface area contributed by atoms with Gasteiger partial charge < -0.3 is 19.9 Å². The Hall–Kier alpha value is -3.58. The minimum Gasteiger partial charge on any atom is -0.456 e. The molecule has 0 aliphatic carbocycles. The van der Waals surface area contributed by atoms with Crippen molar-refractivity contribution in [3.05, 3.63) is 77.4 Å². The number of rotatable bonds is 6. The monoisotopic (exact) mass is 438 g/mol. The summed E-state index contributed by atoms with van der Waals surface area (Å²) in [5, 5.41) is 3.10. The van der Waals surface area contributed by atoms with Crippen LogP contribution >= 0.6 is 11.6 Å². The number of pyridine rings is 1. The predicted octanol–water partition coefficient (Wildman–Crippen LogP) is 4.19. The second-order valence-corrected chi connectivity index (χ2v) is 7.50. The highest BCUT2D eigenvalue weighted by Gasteiger charge is 2.19. The summed E-state index contributed by atoms with van der Waals surface area (Å²) < 4.78 is 5.72. The fraction of sp³-hybridized carbons (Fsp3) is 0.174. The minimum absolute atomic E-state index is 0.275. The summed E-state index contributed by atoms with van der Waals surface area (Å²) in [6.07, 6.45) is 1.69. The van der Waals surface area contributed by atoms with E-state index in [0.717, 1.165) is 11.4 Å². The number of carbonyl (C=O) groups excluding carboxylic acids is 2. The van der Waals surface area contributed by atoms with Crippen molar-refractivity contribution in [3.63, 3.8) is 0 Å². The summed E-state index contributed by atoms with van der Waals surface area (Å²) >= 11 is 6.09. The summed E-state index contributed by atoms with van der Waals surface area (Å²) in [6.45, 7) is 0.275. The number of carbonyl (C=O) groups is 2. The summed E-state index contributed by atoms with van der Waals surface area (Å²) in [4.78, 5) is 32.3. The first-order valence-corrected chi connectivity index (χ1v) is 9.92. The lowest BCUT2D eigenvalue weighted by atomic mass is 10.2. The Balaban J connectivity index is 1.56. The van der Waals surface area contributed by atoms with Crippen LogP contribution in [0.25, 0.3) is 0 Å². The SMILES string of the molecule is CN(Cc1ccc(N(C)C)nc1)C(=O)C(=O)Nc1ccc(Oc2ccccc2Cl)cc1. The standard InChI is InChI=1S/C23H23ClN4O3/c1-27(2)21-13-8-16(14-25-21)15-28(3)23(30)22(29)26-17-9-11-18(12-10-17)31-20-7-5-4-6-19(20)24/h4-14H,15H2,1-3H3,(H,26,29). The molecule has 1 aromatic heterocycles. The van der Waals surface area contributed by atoms with E-state index >= 15 is 0 Å². The summed E-state index contributed by atoms with van der Waals surface area (Å²) in [5.41, 5.74) is 1.31. The number of para-hydroxylation sites is 1. The number of nitrogens with one attached hydrogen (secondary N) is 1. The van der Waals surface area contributed by atoms with Crippen LogP contribution in [0, 0.1) is 0 Å². The molecule has 0 unspecified atom stereocenters. The molecule has 0 aliphatic rings. The van der Waals surface area contributed by atoms with Gasteiger partial charge in [-0.2, -0.15) is 0 Å². The fourth-order valence-electron chi connectivity index (χ4n) is 2.74. The highest BCUT2D eigenvalue weighted by atomic mass is 35.5. The van der Waals surface area contributed by atoms with Gasteiger partial charge in [0.2, 0.25) is 0 Å². The van der Waals surface area contributed by atoms with Crippen molar-refractivity contribution in [1.29, 1.82) is 0 Å². The molecule has 160 valence electrons. The van der Waals surface area contributed by atoms with E-state index in [-0.39, 0.29) is 6.54 Å². The molecule has 7 nitrogen and oxygen atoms in total. The van der Waals surface area contributed by atoms with Crippen LogP contribution < -0.4 is 15.0 Å². The van der Waals surface area contributed by atoms with Crippen LogP contribution in [-0.4, -0.2) is 42.8 Å². The number of halogens is 1. The average molecular weight is 439 g/mol. The minimum atomic E-state index is -0.722. The Morgan fingerprint density at radius 1 is 1.00 bits per heavy atom. The maximum Gasteiger partial charge on any atom is 0.313 e. The maximum atomic E-state index is 12.4. The van der Waals surface area contributed by atoms with Gasteiger partial charge in [0.15, 0.2) is 0 Å². The molecule has 0 bridgehead atoms. The maximum absolute atomic E-state index is 12.4. The van der Waals surface area contributed by atoms with Crippen LogP contribution in [0.1, 0.15) is 5.56 Å². The lowest BCUT2D eigenvalue weighted by molar-refractivity contribution is -0.142. The normalized spacial score (nSPS) is 10.3. The number of anilines is 2. The van der Waals surface area contributed by atoms with E-state index in [0.29, 0.717) is 22.2 Å². The third-order valence-corrected chi connectivity index (χ3v) is 4.72. The molecule has 2 aromatic carbocycles. The van der Waals surface area contributed by atoms with Crippen molar-refractivity contribution in [1.82, 2.24) is 9.88 Å². The predicted molar refractivity (Wildman–Crippen MR) is 122 cm³/mol. The van der Waals surface area contributed by atoms with Gasteiger partial charge in [-0.15, -0.1) is 0 Å². The molecule has 1 heterocycles. The van der Waals surface area contributed by atoms with Crippen molar-refractivity contribution in [2.24, 2.45) is 0 Å². The van der Waals surface area contributed by atoms with Gasteiger partial charge in [-0.05, 0) is 48.0 Å². The number of amides is 2. The van der Waals surface area contributed by atoms with Gasteiger partial charge in [0, 0.05) is 39.6 Å². The topological polar surface area (TPSA) is 74.8 Å². The van der Waals surface area contributed by atoms with Gasteiger partial charge in [-0.3, -0.25) is 9.59 Å². The number of hydrogen-bond donors (Lipinski definition) is 1. The first kappa shape index (κ1) is 22.1. The van der Waals surface area contributed by atoms with Gasteiger partial charge in [-0.25, -0.2) is 4.98 Å². The van der Waals surface area contributed by atoms with E-state index in [4.69, 9.17) is 16.3 Å². The molecule has 0 radical (unpaired) electrons. The summed E-state index contributed by atoms with van der Waals surface area (Å²) in [7, 11) is 5.37. The molecule has 2 amide bonds. The van der Waals surface area contributed by atoms with E-state index in [1.54, 1.807) is 49.6 Å². The lowest BCUT2D eigenvalue weighted by Crippen LogP contribution is -2.36. The Bertz CT molecular complexity index is 1050. The van der Waals surface area contributed by atoms with Gasteiger partial charge in [0.25, 0.3) is 0 Å². The Kier molecular flexibility index (Phi) is 7.10. The fourth-order valence-corrected chi connectivity index (χ4v) is 2.91. The molecule has 0 spiro atoms. The van der Waals surface area contributed by atoms with Crippen molar-refractivity contribution < 1.29 is 14.3 Å². The van der Waals surface area contributed by atoms with Gasteiger partial charge >= 0.3 is 11.8 Å². The van der Waals surface area contributed by atoms with Crippen LogP contribution in [-0.2, 0) is 16.1 Å². The van der Waals surface area contributed by atoms with Crippen LogP contribution in [0.3, 0.4) is 0 Å². The molecular weight excluding hydrogens is 416 g/mol. The Labute approximate surface area is 186 Å². The molecule has 0 saturated heterocycles. The molecule has 3 aromatic rings. The first-order valence-electron chi connectivity index (χ1n) is 9.54. The number of benzene rings is 2. The molecule has 0 aliphatic heterocycles. The first-order chi connectivity index (χ1) is 14.8. The highest BCUT2D eigenvalue weighted by Crippen LogP contribution is 2.29. The van der Waals surface area contributed by atoms with Crippen LogP contribution in [0.4, 0.5) is 11.5 Å². The van der Waals surface area contributed by atoms with E-state index in [2.05, 4.69) is 10.3 Å². The molecule has 0 fully saturated rings. The van der Waals surface area contributed by atoms with E-state index in [1.165, 1.54) is 4.90 Å². The van der Waals surface area contributed by atoms with Crippen LogP contribution in [0.2, 0.25) is 5.02 Å². The second-order valence-electron chi connectivity index (χ2n) is 7.09. The van der Waals surface area contributed by atoms with E-state index < -0.39 is 11.8 Å². The zero-order valence-electron chi connectivity index (χ0n) is 17.5. The van der Waals surface area contributed by atoms with Gasteiger partial charge in [0.1, 0.15) is 17.3 Å². The molecule has 0 saturated carbocycles. The van der Waals surface area contributed by atoms with E-state index in [9.17, 15) is 9.59 Å². The molecule has 1 N–H and O–H groups in total. The Morgan fingerprint density at radius 3 is 2.32 bits per heavy atom. The van der Waals surface area contributed by atoms with Crippen LogP contribution in [0.15, 0.2) is 66.9 Å². The number of nitrogens with zero attached hydrogens (tertiary/aromatic N) is 3. The van der Waals surface area contributed by atoms with Crippen molar-refractivity contribution in [2.45, 2.75) is 6.54 Å².